The Kier molecular flexibility index (Phi) is 6.02. The van der Waals surface area contributed by atoms with Gasteiger partial charge in [0, 0.05) is 17.2 Å². The molecular formula is C28H23N3O4. The number of carbonyl (C=O) groups is 3. The summed E-state index contributed by atoms with van der Waals surface area (Å²) in [7, 11) is 0. The molecule has 3 aromatic carbocycles. The Bertz CT molecular complexity index is 1410. The van der Waals surface area contributed by atoms with Crippen molar-refractivity contribution in [2.75, 3.05) is 0 Å². The van der Waals surface area contributed by atoms with Crippen LogP contribution in [0.2, 0.25) is 0 Å². The van der Waals surface area contributed by atoms with Gasteiger partial charge in [0.15, 0.2) is 0 Å². The molecule has 0 radical (unpaired) electrons. The lowest BCUT2D eigenvalue weighted by Crippen LogP contribution is -2.57. The molecular weight excluding hydrogens is 442 g/mol. The van der Waals surface area contributed by atoms with Gasteiger partial charge in [0.1, 0.15) is 17.9 Å². The second kappa shape index (κ2) is 9.43. The first-order chi connectivity index (χ1) is 17.1. The summed E-state index contributed by atoms with van der Waals surface area (Å²) in [5.41, 5.74) is 1.71. The number of nitrogens with one attached hydrogen (secondary N) is 1. The SMILES string of the molecule is N#Cc1ccccc1COc1ccc2ccccc2c1/C=C1\C(=O)NC(=O)N(C2CCCC2)C1=O. The number of fused-ring (bicyclic) bond motifs is 1. The van der Waals surface area contributed by atoms with E-state index in [1.54, 1.807) is 18.2 Å². The molecule has 5 rings (SSSR count). The molecule has 7 heteroatoms. The zero-order valence-electron chi connectivity index (χ0n) is 19.0. The molecule has 0 atom stereocenters. The summed E-state index contributed by atoms with van der Waals surface area (Å²) in [6.07, 6.45) is 4.88. The quantitative estimate of drug-likeness (QED) is 0.435. The summed E-state index contributed by atoms with van der Waals surface area (Å²) in [6, 6.07) is 19.8. The Balaban J connectivity index is 1.56. The molecule has 35 heavy (non-hydrogen) atoms. The van der Waals surface area contributed by atoms with E-state index in [1.807, 2.05) is 42.5 Å². The predicted molar refractivity (Wildman–Crippen MR) is 130 cm³/mol. The molecule has 7 nitrogen and oxygen atoms in total. The van der Waals surface area contributed by atoms with E-state index in [1.165, 1.54) is 11.0 Å². The van der Waals surface area contributed by atoms with E-state index in [9.17, 15) is 19.6 Å². The van der Waals surface area contributed by atoms with Gasteiger partial charge in [-0.1, -0.05) is 61.4 Å². The minimum absolute atomic E-state index is 0.102. The molecule has 0 bridgehead atoms. The van der Waals surface area contributed by atoms with Crippen molar-refractivity contribution in [3.63, 3.8) is 0 Å². The van der Waals surface area contributed by atoms with Crippen LogP contribution < -0.4 is 10.1 Å². The van der Waals surface area contributed by atoms with Crippen molar-refractivity contribution in [2.45, 2.75) is 38.3 Å². The van der Waals surface area contributed by atoms with Crippen LogP contribution in [0, 0.1) is 11.3 Å². The zero-order chi connectivity index (χ0) is 24.4. The Labute approximate surface area is 202 Å². The van der Waals surface area contributed by atoms with Crippen molar-refractivity contribution in [1.82, 2.24) is 10.2 Å². The van der Waals surface area contributed by atoms with Gasteiger partial charge in [-0.3, -0.25) is 19.8 Å². The first kappa shape index (κ1) is 22.4. The fourth-order valence-electron chi connectivity index (χ4n) is 4.77. The number of nitriles is 1. The van der Waals surface area contributed by atoms with Crippen molar-refractivity contribution in [1.29, 1.82) is 5.26 Å². The molecule has 1 aliphatic carbocycles. The summed E-state index contributed by atoms with van der Waals surface area (Å²) in [4.78, 5) is 39.8. The van der Waals surface area contributed by atoms with Crippen LogP contribution in [0.1, 0.15) is 42.4 Å². The summed E-state index contributed by atoms with van der Waals surface area (Å²) in [5.74, 6) is -0.837. The van der Waals surface area contributed by atoms with Crippen LogP contribution in [0.4, 0.5) is 4.79 Å². The lowest BCUT2D eigenvalue weighted by atomic mass is 9.99. The molecule has 0 spiro atoms. The Morgan fingerprint density at radius 3 is 2.54 bits per heavy atom. The Hall–Kier alpha value is -4.44. The third-order valence-corrected chi connectivity index (χ3v) is 6.56. The number of barbiturate groups is 1. The Morgan fingerprint density at radius 2 is 1.74 bits per heavy atom. The van der Waals surface area contributed by atoms with Crippen LogP contribution >= 0.6 is 0 Å². The van der Waals surface area contributed by atoms with E-state index in [0.717, 1.165) is 42.0 Å². The number of benzene rings is 3. The van der Waals surface area contributed by atoms with Gasteiger partial charge < -0.3 is 4.74 Å². The van der Waals surface area contributed by atoms with E-state index in [0.29, 0.717) is 16.9 Å². The molecule has 2 aliphatic rings. The normalized spacial score (nSPS) is 17.6. The van der Waals surface area contributed by atoms with Crippen LogP contribution in [0.25, 0.3) is 16.8 Å². The van der Waals surface area contributed by atoms with E-state index in [-0.39, 0.29) is 18.2 Å². The summed E-state index contributed by atoms with van der Waals surface area (Å²) < 4.78 is 6.11. The van der Waals surface area contributed by atoms with Gasteiger partial charge in [0.2, 0.25) is 0 Å². The first-order valence-electron chi connectivity index (χ1n) is 11.6. The topological polar surface area (TPSA) is 99.5 Å². The molecule has 1 N–H and O–H groups in total. The third-order valence-electron chi connectivity index (χ3n) is 6.56. The van der Waals surface area contributed by atoms with Gasteiger partial charge in [-0.15, -0.1) is 0 Å². The highest BCUT2D eigenvalue weighted by atomic mass is 16.5. The van der Waals surface area contributed by atoms with Crippen molar-refractivity contribution in [2.24, 2.45) is 0 Å². The summed E-state index contributed by atoms with van der Waals surface area (Å²) in [6.45, 7) is 0.144. The maximum absolute atomic E-state index is 13.3. The lowest BCUT2D eigenvalue weighted by molar-refractivity contribution is -0.131. The van der Waals surface area contributed by atoms with Gasteiger partial charge >= 0.3 is 6.03 Å². The lowest BCUT2D eigenvalue weighted by Gasteiger charge is -2.31. The number of urea groups is 1. The fourth-order valence-corrected chi connectivity index (χ4v) is 4.77. The Morgan fingerprint density at radius 1 is 1.00 bits per heavy atom. The number of hydrogen-bond acceptors (Lipinski definition) is 5. The van der Waals surface area contributed by atoms with Crippen LogP contribution in [-0.4, -0.2) is 28.8 Å². The number of amides is 4. The minimum atomic E-state index is -0.719. The molecule has 3 aromatic rings. The second-order valence-corrected chi connectivity index (χ2v) is 8.69. The van der Waals surface area contributed by atoms with E-state index < -0.39 is 17.8 Å². The molecule has 1 saturated heterocycles. The maximum atomic E-state index is 13.3. The van der Waals surface area contributed by atoms with Crippen molar-refractivity contribution >= 4 is 34.7 Å². The van der Waals surface area contributed by atoms with Crippen molar-refractivity contribution in [3.05, 3.63) is 82.9 Å². The van der Waals surface area contributed by atoms with Crippen LogP contribution in [0.5, 0.6) is 5.75 Å². The van der Waals surface area contributed by atoms with Gasteiger partial charge in [0.05, 0.1) is 11.6 Å². The van der Waals surface area contributed by atoms with Crippen LogP contribution in [0.15, 0.2) is 66.2 Å². The maximum Gasteiger partial charge on any atom is 0.331 e. The van der Waals surface area contributed by atoms with Crippen LogP contribution in [-0.2, 0) is 16.2 Å². The van der Waals surface area contributed by atoms with Gasteiger partial charge in [-0.2, -0.15) is 5.26 Å². The van der Waals surface area contributed by atoms with Crippen molar-refractivity contribution in [3.8, 4) is 11.8 Å². The van der Waals surface area contributed by atoms with Crippen molar-refractivity contribution < 1.29 is 19.1 Å². The average Bonchev–Trinajstić information content (AvgIpc) is 3.40. The first-order valence-corrected chi connectivity index (χ1v) is 11.6. The number of imide groups is 2. The summed E-state index contributed by atoms with van der Waals surface area (Å²) in [5, 5.41) is 13.4. The molecule has 0 aromatic heterocycles. The van der Waals surface area contributed by atoms with Crippen LogP contribution in [0.3, 0.4) is 0 Å². The molecule has 2 fully saturated rings. The molecule has 0 unspecified atom stereocenters. The predicted octanol–water partition coefficient (Wildman–Crippen LogP) is 4.69. The largest absolute Gasteiger partial charge is 0.488 e. The highest BCUT2D eigenvalue weighted by molar-refractivity contribution is 6.31. The minimum Gasteiger partial charge on any atom is -0.488 e. The van der Waals surface area contributed by atoms with Gasteiger partial charge in [-0.05, 0) is 41.8 Å². The number of ether oxygens (including phenoxy) is 1. The fraction of sp³-hybridized carbons (Fsp3) is 0.214. The van der Waals surface area contributed by atoms with Gasteiger partial charge in [0.25, 0.3) is 11.8 Å². The molecule has 174 valence electrons. The monoisotopic (exact) mass is 465 g/mol. The smallest absolute Gasteiger partial charge is 0.331 e. The molecule has 4 amide bonds. The molecule has 1 heterocycles. The average molecular weight is 466 g/mol. The number of rotatable bonds is 5. The third kappa shape index (κ3) is 4.26. The number of carbonyl (C=O) groups excluding carboxylic acids is 3. The number of hydrogen-bond donors (Lipinski definition) is 1. The molecule has 1 saturated carbocycles. The van der Waals surface area contributed by atoms with E-state index in [4.69, 9.17) is 4.74 Å². The van der Waals surface area contributed by atoms with E-state index >= 15 is 0 Å². The molecule has 1 aliphatic heterocycles. The van der Waals surface area contributed by atoms with Gasteiger partial charge in [-0.25, -0.2) is 4.79 Å². The summed E-state index contributed by atoms with van der Waals surface area (Å²) >= 11 is 0. The second-order valence-electron chi connectivity index (χ2n) is 8.69. The highest BCUT2D eigenvalue weighted by Gasteiger charge is 2.40. The van der Waals surface area contributed by atoms with E-state index in [2.05, 4.69) is 11.4 Å². The highest BCUT2D eigenvalue weighted by Crippen LogP contribution is 2.33. The number of nitrogens with zero attached hydrogens (tertiary/aromatic N) is 2. The zero-order valence-corrected chi connectivity index (χ0v) is 19.0. The standard InChI is InChI=1S/C28H23N3O4/c29-16-19-8-1-2-9-20(19)17-35-25-14-13-18-7-3-6-12-22(18)23(25)15-24-26(32)30-28(34)31(27(24)33)21-10-4-5-11-21/h1-3,6-9,12-15,21H,4-5,10-11,17H2,(H,30,32,34)/b24-15+.